The summed E-state index contributed by atoms with van der Waals surface area (Å²) in [6.45, 7) is 0.0375. The van der Waals surface area contributed by atoms with Crippen molar-refractivity contribution in [2.24, 2.45) is 0 Å². The van der Waals surface area contributed by atoms with Gasteiger partial charge in [0.25, 0.3) is 0 Å². The van der Waals surface area contributed by atoms with E-state index in [1.807, 2.05) is 12.1 Å². The molecule has 0 aliphatic rings. The van der Waals surface area contributed by atoms with Gasteiger partial charge in [-0.15, -0.1) is 0 Å². The number of para-hydroxylation sites is 2. The fourth-order valence-electron chi connectivity index (χ4n) is 2.31. The van der Waals surface area contributed by atoms with Crippen LogP contribution in [-0.2, 0) is 12.8 Å². The molecular formula is C20H16F3NO2. The molecule has 26 heavy (non-hydrogen) atoms. The molecular weight excluding hydrogens is 343 g/mol. The smallest absolute Gasteiger partial charge is 0.416 e. The number of nitrogens with two attached hydrogens (primary N) is 1. The zero-order valence-corrected chi connectivity index (χ0v) is 13.7. The van der Waals surface area contributed by atoms with Crippen molar-refractivity contribution in [2.45, 2.75) is 12.8 Å². The topological polar surface area (TPSA) is 44.5 Å². The average Bonchev–Trinajstić information content (AvgIpc) is 2.63. The highest BCUT2D eigenvalue weighted by molar-refractivity contribution is 5.53. The van der Waals surface area contributed by atoms with Crippen LogP contribution in [0.4, 0.5) is 18.9 Å². The van der Waals surface area contributed by atoms with Crippen LogP contribution in [0.15, 0.2) is 72.8 Å². The third kappa shape index (κ3) is 4.47. The fourth-order valence-corrected chi connectivity index (χ4v) is 2.31. The van der Waals surface area contributed by atoms with Gasteiger partial charge in [0.15, 0.2) is 0 Å². The summed E-state index contributed by atoms with van der Waals surface area (Å²) in [5, 5.41) is 0. The molecule has 0 spiro atoms. The van der Waals surface area contributed by atoms with Crippen LogP contribution in [0.5, 0.6) is 17.2 Å². The third-order valence-electron chi connectivity index (χ3n) is 3.63. The van der Waals surface area contributed by atoms with Gasteiger partial charge in [0.2, 0.25) is 0 Å². The first kappa shape index (κ1) is 17.7. The molecule has 0 saturated heterocycles. The van der Waals surface area contributed by atoms with Crippen LogP contribution >= 0.6 is 0 Å². The van der Waals surface area contributed by atoms with E-state index in [0.717, 1.165) is 12.1 Å². The lowest BCUT2D eigenvalue weighted by Gasteiger charge is -2.11. The van der Waals surface area contributed by atoms with Gasteiger partial charge in [-0.05, 0) is 54.1 Å². The van der Waals surface area contributed by atoms with Crippen molar-refractivity contribution in [3.05, 3.63) is 83.9 Å². The van der Waals surface area contributed by atoms with Crippen LogP contribution < -0.4 is 15.2 Å². The van der Waals surface area contributed by atoms with E-state index in [2.05, 4.69) is 0 Å². The molecule has 3 aromatic rings. The zero-order valence-electron chi connectivity index (χ0n) is 13.7. The second-order valence-electron chi connectivity index (χ2n) is 5.60. The minimum Gasteiger partial charge on any atom is -0.489 e. The van der Waals surface area contributed by atoms with Crippen LogP contribution in [0.1, 0.15) is 11.1 Å². The van der Waals surface area contributed by atoms with Gasteiger partial charge in [0, 0.05) is 0 Å². The largest absolute Gasteiger partial charge is 0.489 e. The van der Waals surface area contributed by atoms with E-state index in [1.54, 1.807) is 42.5 Å². The predicted molar refractivity (Wildman–Crippen MR) is 93.1 cm³/mol. The van der Waals surface area contributed by atoms with E-state index < -0.39 is 11.7 Å². The molecule has 2 N–H and O–H groups in total. The Morgan fingerprint density at radius 3 is 2.19 bits per heavy atom. The van der Waals surface area contributed by atoms with Crippen LogP contribution in [-0.4, -0.2) is 0 Å². The van der Waals surface area contributed by atoms with Gasteiger partial charge in [-0.1, -0.05) is 24.3 Å². The first-order chi connectivity index (χ1) is 12.4. The first-order valence-electron chi connectivity index (χ1n) is 7.83. The minimum absolute atomic E-state index is 0.0375. The average molecular weight is 359 g/mol. The normalized spacial score (nSPS) is 11.2. The summed E-state index contributed by atoms with van der Waals surface area (Å²) in [6, 6.07) is 19.0. The van der Waals surface area contributed by atoms with Crippen LogP contribution in [0.3, 0.4) is 0 Å². The van der Waals surface area contributed by atoms with Crippen LogP contribution in [0.2, 0.25) is 0 Å². The Morgan fingerprint density at radius 2 is 1.50 bits per heavy atom. The number of nitrogen functional groups attached to an aromatic ring is 1. The quantitative estimate of drug-likeness (QED) is 0.598. The number of anilines is 1. The maximum atomic E-state index is 12.7. The molecule has 0 aromatic heterocycles. The Bertz CT molecular complexity index is 877. The summed E-state index contributed by atoms with van der Waals surface area (Å²) in [5.41, 5.74) is 6.10. The fraction of sp³-hybridized carbons (Fsp3) is 0.100. The summed E-state index contributed by atoms with van der Waals surface area (Å²) in [4.78, 5) is 0. The van der Waals surface area contributed by atoms with Crippen molar-refractivity contribution in [2.75, 3.05) is 5.73 Å². The van der Waals surface area contributed by atoms with E-state index in [-0.39, 0.29) is 6.61 Å². The Kier molecular flexibility index (Phi) is 5.02. The number of halogens is 3. The predicted octanol–water partition coefficient (Wildman–Crippen LogP) is 5.66. The standard InChI is InChI=1S/C20H16F3NO2/c21-20(22,23)15-5-3-4-14(12-15)13-25-16-8-10-17(11-9-16)26-19-7-2-1-6-18(19)24/h1-12H,13,24H2. The summed E-state index contributed by atoms with van der Waals surface area (Å²) < 4.78 is 49.4. The Labute approximate surface area is 148 Å². The molecule has 0 aliphatic carbocycles. The van der Waals surface area contributed by atoms with Crippen LogP contribution in [0.25, 0.3) is 0 Å². The molecule has 0 atom stereocenters. The third-order valence-corrected chi connectivity index (χ3v) is 3.63. The first-order valence-corrected chi connectivity index (χ1v) is 7.83. The molecule has 0 heterocycles. The highest BCUT2D eigenvalue weighted by Gasteiger charge is 2.30. The molecule has 134 valence electrons. The van der Waals surface area contributed by atoms with E-state index >= 15 is 0 Å². The molecule has 0 radical (unpaired) electrons. The van der Waals surface area contributed by atoms with E-state index in [4.69, 9.17) is 15.2 Å². The Hall–Kier alpha value is -3.15. The van der Waals surface area contributed by atoms with Crippen molar-refractivity contribution in [3.63, 3.8) is 0 Å². The maximum absolute atomic E-state index is 12.7. The summed E-state index contributed by atoms with van der Waals surface area (Å²) >= 11 is 0. The van der Waals surface area contributed by atoms with Gasteiger partial charge in [0.05, 0.1) is 11.3 Å². The summed E-state index contributed by atoms with van der Waals surface area (Å²) in [5.74, 6) is 1.65. The molecule has 3 rings (SSSR count). The van der Waals surface area contributed by atoms with Crippen molar-refractivity contribution in [1.82, 2.24) is 0 Å². The van der Waals surface area contributed by atoms with Crippen LogP contribution in [0, 0.1) is 0 Å². The molecule has 0 saturated carbocycles. The van der Waals surface area contributed by atoms with Gasteiger partial charge in [0.1, 0.15) is 23.9 Å². The Balaban J connectivity index is 1.62. The van der Waals surface area contributed by atoms with E-state index in [9.17, 15) is 13.2 Å². The van der Waals surface area contributed by atoms with Crippen molar-refractivity contribution < 1.29 is 22.6 Å². The highest BCUT2D eigenvalue weighted by Crippen LogP contribution is 2.30. The minimum atomic E-state index is -4.37. The molecule has 0 aliphatic heterocycles. The lowest BCUT2D eigenvalue weighted by Crippen LogP contribution is -2.06. The number of alkyl halides is 3. The SMILES string of the molecule is Nc1ccccc1Oc1ccc(OCc2cccc(C(F)(F)F)c2)cc1. The van der Waals surface area contributed by atoms with Gasteiger partial charge in [-0.2, -0.15) is 13.2 Å². The molecule has 6 heteroatoms. The second-order valence-corrected chi connectivity index (χ2v) is 5.60. The number of hydrogen-bond donors (Lipinski definition) is 1. The van der Waals surface area contributed by atoms with Crippen molar-refractivity contribution in [3.8, 4) is 17.2 Å². The van der Waals surface area contributed by atoms with Crippen molar-refractivity contribution in [1.29, 1.82) is 0 Å². The molecule has 0 fully saturated rings. The van der Waals surface area contributed by atoms with Gasteiger partial charge < -0.3 is 15.2 Å². The molecule has 0 bridgehead atoms. The van der Waals surface area contributed by atoms with Gasteiger partial charge >= 0.3 is 6.18 Å². The molecule has 0 unspecified atom stereocenters. The monoisotopic (exact) mass is 359 g/mol. The van der Waals surface area contributed by atoms with E-state index in [1.165, 1.54) is 6.07 Å². The maximum Gasteiger partial charge on any atom is 0.416 e. The number of rotatable bonds is 5. The summed E-state index contributed by atoms with van der Waals surface area (Å²) in [7, 11) is 0. The second kappa shape index (κ2) is 7.39. The Morgan fingerprint density at radius 1 is 0.808 bits per heavy atom. The van der Waals surface area contributed by atoms with Gasteiger partial charge in [-0.25, -0.2) is 0 Å². The number of ether oxygens (including phenoxy) is 2. The molecule has 0 amide bonds. The molecule has 3 aromatic carbocycles. The lowest BCUT2D eigenvalue weighted by atomic mass is 10.1. The zero-order chi connectivity index (χ0) is 18.6. The number of benzene rings is 3. The number of hydrogen-bond acceptors (Lipinski definition) is 3. The summed E-state index contributed by atoms with van der Waals surface area (Å²) in [6.07, 6.45) is -4.37. The van der Waals surface area contributed by atoms with E-state index in [0.29, 0.717) is 28.5 Å². The van der Waals surface area contributed by atoms with Crippen molar-refractivity contribution >= 4 is 5.69 Å². The molecule has 3 nitrogen and oxygen atoms in total. The lowest BCUT2D eigenvalue weighted by molar-refractivity contribution is -0.137. The highest BCUT2D eigenvalue weighted by atomic mass is 19.4. The van der Waals surface area contributed by atoms with Gasteiger partial charge in [-0.3, -0.25) is 0 Å².